The summed E-state index contributed by atoms with van der Waals surface area (Å²) < 4.78 is 12.5. The van der Waals surface area contributed by atoms with Crippen LogP contribution in [0.3, 0.4) is 0 Å². The number of fused-ring (bicyclic) bond motifs is 2. The van der Waals surface area contributed by atoms with Gasteiger partial charge >= 0.3 is 0 Å². The smallest absolute Gasteiger partial charge is 0.196 e. The van der Waals surface area contributed by atoms with E-state index in [1.54, 1.807) is 0 Å². The van der Waals surface area contributed by atoms with Crippen LogP contribution in [0.15, 0.2) is 152 Å². The maximum Gasteiger partial charge on any atom is 0.196 e. The fourth-order valence-electron chi connectivity index (χ4n) is 6.80. The van der Waals surface area contributed by atoms with E-state index in [0.717, 1.165) is 50.7 Å². The van der Waals surface area contributed by atoms with E-state index in [9.17, 15) is 0 Å². The first kappa shape index (κ1) is 28.6. The SMILES string of the molecule is c1ccc(-c2ccc(C3NC(c4cccc(C5Nc6ccccc6O5)c4)NC(c4cccc(C5Nc6ccccc6O5)c4)N3)cc2)cc1. The molecule has 6 aromatic carbocycles. The van der Waals surface area contributed by atoms with E-state index in [2.05, 4.69) is 124 Å². The molecule has 6 aromatic rings. The van der Waals surface area contributed by atoms with E-state index in [4.69, 9.17) is 9.47 Å². The van der Waals surface area contributed by atoms with Crippen molar-refractivity contribution in [2.24, 2.45) is 0 Å². The first-order valence-corrected chi connectivity index (χ1v) is 16.4. The highest BCUT2D eigenvalue weighted by Crippen LogP contribution is 2.40. The summed E-state index contributed by atoms with van der Waals surface area (Å²) in [5.74, 6) is 1.74. The number of rotatable bonds is 6. The van der Waals surface area contributed by atoms with Crippen molar-refractivity contribution in [3.63, 3.8) is 0 Å². The van der Waals surface area contributed by atoms with Crippen molar-refractivity contribution in [2.75, 3.05) is 10.6 Å². The second kappa shape index (κ2) is 12.2. The van der Waals surface area contributed by atoms with E-state index in [1.165, 1.54) is 11.1 Å². The zero-order chi connectivity index (χ0) is 31.9. The second-order valence-electron chi connectivity index (χ2n) is 12.4. The third-order valence-electron chi connectivity index (χ3n) is 9.28. The molecule has 9 rings (SSSR count). The summed E-state index contributed by atoms with van der Waals surface area (Å²) in [5, 5.41) is 18.6. The Hall–Kier alpha value is -5.60. The summed E-state index contributed by atoms with van der Waals surface area (Å²) >= 11 is 0. The predicted molar refractivity (Wildman–Crippen MR) is 189 cm³/mol. The van der Waals surface area contributed by atoms with E-state index in [1.807, 2.05) is 54.6 Å². The molecule has 4 atom stereocenters. The van der Waals surface area contributed by atoms with Gasteiger partial charge in [0.1, 0.15) is 11.5 Å². The Bertz CT molecular complexity index is 1910. The highest BCUT2D eigenvalue weighted by atomic mass is 16.5. The van der Waals surface area contributed by atoms with Crippen LogP contribution in [0.25, 0.3) is 11.1 Å². The molecule has 3 aliphatic rings. The summed E-state index contributed by atoms with van der Waals surface area (Å²) in [6.45, 7) is 0. The number of nitrogens with one attached hydrogen (secondary N) is 5. The van der Waals surface area contributed by atoms with Crippen LogP contribution in [-0.4, -0.2) is 0 Å². The van der Waals surface area contributed by atoms with Gasteiger partial charge in [-0.25, -0.2) is 0 Å². The van der Waals surface area contributed by atoms with Crippen LogP contribution in [0, 0.1) is 0 Å². The monoisotopic (exact) mass is 629 g/mol. The average Bonchev–Trinajstić information content (AvgIpc) is 3.81. The van der Waals surface area contributed by atoms with Crippen molar-refractivity contribution < 1.29 is 9.47 Å². The summed E-state index contributed by atoms with van der Waals surface area (Å²) in [5.41, 5.74) is 9.95. The van der Waals surface area contributed by atoms with Crippen molar-refractivity contribution in [2.45, 2.75) is 31.0 Å². The number of hydrogen-bond donors (Lipinski definition) is 5. The molecule has 4 unspecified atom stereocenters. The maximum absolute atomic E-state index is 6.27. The van der Waals surface area contributed by atoms with Crippen LogP contribution in [0.1, 0.15) is 58.8 Å². The largest absolute Gasteiger partial charge is 0.464 e. The molecule has 0 saturated carbocycles. The Morgan fingerprint density at radius 2 is 0.792 bits per heavy atom. The van der Waals surface area contributed by atoms with Gasteiger partial charge in [0.2, 0.25) is 0 Å². The van der Waals surface area contributed by atoms with Crippen molar-refractivity contribution in [3.05, 3.63) is 179 Å². The standard InChI is InChI=1S/C41H35N5O2/c1-2-10-26(11-3-1)27-20-22-28(23-21-27)37-44-38(29-12-8-14-31(24-29)40-42-33-16-4-6-18-35(33)47-40)46-39(45-37)30-13-9-15-32(25-30)41-43-34-17-5-7-19-36(34)48-41/h1-25,37-46H. The molecule has 48 heavy (non-hydrogen) atoms. The number of anilines is 2. The van der Waals surface area contributed by atoms with Gasteiger partial charge in [0.05, 0.1) is 29.9 Å². The van der Waals surface area contributed by atoms with Gasteiger partial charge in [-0.15, -0.1) is 0 Å². The molecule has 0 aliphatic carbocycles. The highest BCUT2D eigenvalue weighted by Gasteiger charge is 2.32. The lowest BCUT2D eigenvalue weighted by Crippen LogP contribution is -2.54. The third kappa shape index (κ3) is 5.54. The molecule has 3 aliphatic heterocycles. The normalized spacial score (nSPS) is 22.4. The van der Waals surface area contributed by atoms with Crippen LogP contribution < -0.4 is 36.1 Å². The van der Waals surface area contributed by atoms with Gasteiger partial charge in [0, 0.05) is 11.1 Å². The topological polar surface area (TPSA) is 78.6 Å². The van der Waals surface area contributed by atoms with Gasteiger partial charge < -0.3 is 20.1 Å². The first-order valence-electron chi connectivity index (χ1n) is 16.4. The Morgan fingerprint density at radius 3 is 1.31 bits per heavy atom. The van der Waals surface area contributed by atoms with Crippen molar-refractivity contribution in [1.29, 1.82) is 0 Å². The zero-order valence-electron chi connectivity index (χ0n) is 26.1. The molecule has 7 heteroatoms. The number of ether oxygens (including phenoxy) is 2. The molecular weight excluding hydrogens is 594 g/mol. The molecule has 1 fully saturated rings. The van der Waals surface area contributed by atoms with Gasteiger partial charge in [-0.1, -0.05) is 115 Å². The molecule has 5 N–H and O–H groups in total. The second-order valence-corrected chi connectivity index (χ2v) is 12.4. The Morgan fingerprint density at radius 1 is 0.354 bits per heavy atom. The molecule has 0 radical (unpaired) electrons. The van der Waals surface area contributed by atoms with Crippen LogP contribution in [-0.2, 0) is 0 Å². The summed E-state index contributed by atoms with van der Waals surface area (Å²) in [4.78, 5) is 0. The summed E-state index contributed by atoms with van der Waals surface area (Å²) in [7, 11) is 0. The van der Waals surface area contributed by atoms with Crippen molar-refractivity contribution in [3.8, 4) is 22.6 Å². The van der Waals surface area contributed by atoms with Crippen LogP contribution in [0.2, 0.25) is 0 Å². The van der Waals surface area contributed by atoms with Crippen molar-refractivity contribution in [1.82, 2.24) is 16.0 Å². The van der Waals surface area contributed by atoms with Crippen LogP contribution in [0.4, 0.5) is 11.4 Å². The molecule has 7 nitrogen and oxygen atoms in total. The molecular formula is C41H35N5O2. The fraction of sp³-hybridized carbons (Fsp3) is 0.122. The highest BCUT2D eigenvalue weighted by molar-refractivity contribution is 5.64. The average molecular weight is 630 g/mol. The summed E-state index contributed by atoms with van der Waals surface area (Å²) in [6, 6.07) is 52.6. The fourth-order valence-corrected chi connectivity index (χ4v) is 6.80. The van der Waals surface area contributed by atoms with Crippen LogP contribution >= 0.6 is 0 Å². The molecule has 3 heterocycles. The van der Waals surface area contributed by atoms with Gasteiger partial charge in [0.15, 0.2) is 12.5 Å². The molecule has 0 spiro atoms. The number of hydrogen-bond acceptors (Lipinski definition) is 7. The maximum atomic E-state index is 6.27. The molecule has 0 bridgehead atoms. The lowest BCUT2D eigenvalue weighted by molar-refractivity contribution is 0.202. The Labute approximate surface area is 280 Å². The number of benzene rings is 6. The Kier molecular flexibility index (Phi) is 7.28. The van der Waals surface area contributed by atoms with Gasteiger partial charge in [-0.2, -0.15) is 0 Å². The van der Waals surface area contributed by atoms with Crippen molar-refractivity contribution >= 4 is 11.4 Å². The van der Waals surface area contributed by atoms with E-state index in [0.29, 0.717) is 0 Å². The van der Waals surface area contributed by atoms with E-state index >= 15 is 0 Å². The van der Waals surface area contributed by atoms with Gasteiger partial charge in [-0.05, 0) is 64.2 Å². The minimum Gasteiger partial charge on any atom is -0.464 e. The first-order chi connectivity index (χ1) is 23.7. The third-order valence-corrected chi connectivity index (χ3v) is 9.28. The quantitative estimate of drug-likeness (QED) is 0.126. The van der Waals surface area contributed by atoms with Gasteiger partial charge in [0.25, 0.3) is 0 Å². The minimum absolute atomic E-state index is 0.117. The molecule has 0 amide bonds. The van der Waals surface area contributed by atoms with E-state index in [-0.39, 0.29) is 31.0 Å². The summed E-state index contributed by atoms with van der Waals surface area (Å²) in [6.07, 6.45) is -0.907. The van der Waals surface area contributed by atoms with E-state index < -0.39 is 0 Å². The zero-order valence-corrected chi connectivity index (χ0v) is 26.1. The van der Waals surface area contributed by atoms with Crippen LogP contribution in [0.5, 0.6) is 11.5 Å². The molecule has 0 aromatic heterocycles. The lowest BCUT2D eigenvalue weighted by Gasteiger charge is -2.40. The lowest BCUT2D eigenvalue weighted by atomic mass is 10.00. The molecule has 1 saturated heterocycles. The predicted octanol–water partition coefficient (Wildman–Crippen LogP) is 8.54. The minimum atomic E-state index is -0.249. The number of para-hydroxylation sites is 4. The molecule has 236 valence electrons. The Balaban J connectivity index is 1.02. The van der Waals surface area contributed by atoms with Gasteiger partial charge in [-0.3, -0.25) is 16.0 Å².